The lowest BCUT2D eigenvalue weighted by atomic mass is 10.1. The van der Waals surface area contributed by atoms with E-state index in [9.17, 15) is 0 Å². The first-order chi connectivity index (χ1) is 8.20. The summed E-state index contributed by atoms with van der Waals surface area (Å²) in [5.74, 6) is 3.47. The Labute approximate surface area is 102 Å². The monoisotopic (exact) mass is 228 g/mol. The van der Waals surface area contributed by atoms with Gasteiger partial charge in [-0.15, -0.1) is 12.3 Å². The molecule has 1 heterocycles. The summed E-state index contributed by atoms with van der Waals surface area (Å²) in [6, 6.07) is 6.31. The molecule has 0 bridgehead atoms. The van der Waals surface area contributed by atoms with Crippen LogP contribution in [0.5, 0.6) is 0 Å². The molecule has 0 fully saturated rings. The summed E-state index contributed by atoms with van der Waals surface area (Å²) >= 11 is 0. The summed E-state index contributed by atoms with van der Waals surface area (Å²) in [6.45, 7) is 4.15. The van der Waals surface area contributed by atoms with Gasteiger partial charge in [-0.2, -0.15) is 0 Å². The van der Waals surface area contributed by atoms with Crippen molar-refractivity contribution in [3.05, 3.63) is 41.3 Å². The molecule has 17 heavy (non-hydrogen) atoms. The van der Waals surface area contributed by atoms with Crippen molar-refractivity contribution < 1.29 is 4.84 Å². The number of hydrazine groups is 1. The second-order valence-corrected chi connectivity index (χ2v) is 4.15. The molecule has 1 N–H and O–H groups in total. The highest BCUT2D eigenvalue weighted by molar-refractivity contribution is 5.56. The van der Waals surface area contributed by atoms with E-state index in [1.54, 1.807) is 0 Å². The third kappa shape index (κ3) is 2.61. The molecule has 0 aliphatic carbocycles. The van der Waals surface area contributed by atoms with Crippen molar-refractivity contribution in [3.8, 4) is 12.3 Å². The highest BCUT2D eigenvalue weighted by atomic mass is 16.7. The molecule has 0 amide bonds. The molecule has 2 rings (SSSR count). The fraction of sp³-hybridized carbons (Fsp3) is 0.286. The average molecular weight is 228 g/mol. The van der Waals surface area contributed by atoms with E-state index in [-0.39, 0.29) is 0 Å². The van der Waals surface area contributed by atoms with E-state index >= 15 is 0 Å². The third-order valence-corrected chi connectivity index (χ3v) is 2.69. The molecule has 1 aliphatic heterocycles. The van der Waals surface area contributed by atoms with Crippen molar-refractivity contribution in [2.24, 2.45) is 0 Å². The van der Waals surface area contributed by atoms with Gasteiger partial charge in [0.15, 0.2) is 0 Å². The minimum absolute atomic E-state index is 0.689. The van der Waals surface area contributed by atoms with Gasteiger partial charge in [0.05, 0.1) is 11.9 Å². The van der Waals surface area contributed by atoms with Crippen LogP contribution in [0.25, 0.3) is 0 Å². The standard InChI is InChI=1S/C14H16N2O/c1-4-5-6-13-10-16(15-17-13)14-9-11(2)7-8-12(14)3/h1,7-10,15H,5-6H2,2-3H3. The molecular formula is C14H16N2O. The summed E-state index contributed by atoms with van der Waals surface area (Å²) in [7, 11) is 0. The van der Waals surface area contributed by atoms with Crippen LogP contribution >= 0.6 is 0 Å². The molecule has 0 aromatic heterocycles. The molecule has 0 atom stereocenters. The lowest BCUT2D eigenvalue weighted by Crippen LogP contribution is -2.27. The molecular weight excluding hydrogens is 212 g/mol. The summed E-state index contributed by atoms with van der Waals surface area (Å²) in [4.78, 5) is 5.36. The maximum Gasteiger partial charge on any atom is 0.145 e. The zero-order chi connectivity index (χ0) is 12.3. The van der Waals surface area contributed by atoms with E-state index in [4.69, 9.17) is 11.3 Å². The van der Waals surface area contributed by atoms with Gasteiger partial charge in [-0.1, -0.05) is 17.7 Å². The highest BCUT2D eigenvalue weighted by Gasteiger charge is 2.16. The lowest BCUT2D eigenvalue weighted by Gasteiger charge is -2.16. The molecule has 3 heteroatoms. The van der Waals surface area contributed by atoms with Crippen LogP contribution in [0.2, 0.25) is 0 Å². The van der Waals surface area contributed by atoms with Crippen LogP contribution in [0.4, 0.5) is 5.69 Å². The Morgan fingerprint density at radius 1 is 1.41 bits per heavy atom. The molecule has 1 aromatic rings. The van der Waals surface area contributed by atoms with E-state index in [1.165, 1.54) is 11.1 Å². The topological polar surface area (TPSA) is 24.5 Å². The zero-order valence-electron chi connectivity index (χ0n) is 10.2. The van der Waals surface area contributed by atoms with E-state index in [2.05, 4.69) is 43.6 Å². The van der Waals surface area contributed by atoms with E-state index in [0.29, 0.717) is 6.42 Å². The fourth-order valence-corrected chi connectivity index (χ4v) is 1.71. The SMILES string of the molecule is C#CCCC1=CN(c2cc(C)ccc2C)NO1. The van der Waals surface area contributed by atoms with E-state index < -0.39 is 0 Å². The molecule has 0 radical (unpaired) electrons. The Morgan fingerprint density at radius 3 is 3.00 bits per heavy atom. The van der Waals surface area contributed by atoms with Gasteiger partial charge in [-0.05, 0) is 31.0 Å². The highest BCUT2D eigenvalue weighted by Crippen LogP contribution is 2.24. The number of aryl methyl sites for hydroxylation is 2. The Morgan fingerprint density at radius 2 is 2.24 bits per heavy atom. The number of benzene rings is 1. The van der Waals surface area contributed by atoms with Gasteiger partial charge >= 0.3 is 0 Å². The maximum absolute atomic E-state index is 5.36. The van der Waals surface area contributed by atoms with Gasteiger partial charge < -0.3 is 4.84 Å². The van der Waals surface area contributed by atoms with Crippen LogP contribution in [0.3, 0.4) is 0 Å². The quantitative estimate of drug-likeness (QED) is 0.805. The smallest absolute Gasteiger partial charge is 0.145 e. The van der Waals surface area contributed by atoms with Crippen LogP contribution in [0, 0.1) is 26.2 Å². The van der Waals surface area contributed by atoms with Crippen LogP contribution in [0.1, 0.15) is 24.0 Å². The zero-order valence-corrected chi connectivity index (χ0v) is 10.2. The maximum atomic E-state index is 5.36. The number of rotatable bonds is 3. The van der Waals surface area contributed by atoms with Crippen molar-refractivity contribution in [2.45, 2.75) is 26.7 Å². The van der Waals surface area contributed by atoms with Crippen molar-refractivity contribution in [3.63, 3.8) is 0 Å². The number of nitrogens with zero attached hydrogens (tertiary/aromatic N) is 1. The largest absolute Gasteiger partial charge is 0.391 e. The van der Waals surface area contributed by atoms with Gasteiger partial charge in [0.1, 0.15) is 5.76 Å². The van der Waals surface area contributed by atoms with Crippen molar-refractivity contribution in [1.82, 2.24) is 5.59 Å². The summed E-state index contributed by atoms with van der Waals surface area (Å²) in [5, 5.41) is 1.88. The number of hydrogen-bond acceptors (Lipinski definition) is 3. The van der Waals surface area contributed by atoms with Gasteiger partial charge in [0.25, 0.3) is 0 Å². The summed E-state index contributed by atoms with van der Waals surface area (Å²) in [5.41, 5.74) is 6.39. The molecule has 0 saturated heterocycles. The van der Waals surface area contributed by atoms with Crippen LogP contribution in [0.15, 0.2) is 30.2 Å². The molecule has 1 aliphatic rings. The minimum Gasteiger partial charge on any atom is -0.391 e. The number of hydrogen-bond donors (Lipinski definition) is 1. The third-order valence-electron chi connectivity index (χ3n) is 2.69. The fourth-order valence-electron chi connectivity index (χ4n) is 1.71. The van der Waals surface area contributed by atoms with Crippen molar-refractivity contribution >= 4 is 5.69 Å². The minimum atomic E-state index is 0.689. The van der Waals surface area contributed by atoms with Crippen LogP contribution < -0.4 is 10.6 Å². The molecule has 3 nitrogen and oxygen atoms in total. The Bertz CT molecular complexity index is 485. The van der Waals surface area contributed by atoms with Gasteiger partial charge in [0.2, 0.25) is 0 Å². The average Bonchev–Trinajstić information content (AvgIpc) is 2.78. The van der Waals surface area contributed by atoms with Crippen molar-refractivity contribution in [1.29, 1.82) is 0 Å². The predicted molar refractivity (Wildman–Crippen MR) is 68.8 cm³/mol. The molecule has 1 aromatic carbocycles. The Kier molecular flexibility index (Phi) is 3.36. The first-order valence-electron chi connectivity index (χ1n) is 5.64. The summed E-state index contributed by atoms with van der Waals surface area (Å²) in [6.07, 6.45) is 8.62. The Balaban J connectivity index is 2.17. The first-order valence-corrected chi connectivity index (χ1v) is 5.64. The lowest BCUT2D eigenvalue weighted by molar-refractivity contribution is 0.124. The number of nitrogens with one attached hydrogen (secondary N) is 1. The second kappa shape index (κ2) is 4.94. The molecule has 0 unspecified atom stereocenters. The van der Waals surface area contributed by atoms with Gasteiger partial charge in [0, 0.05) is 12.8 Å². The Hall–Kier alpha value is -1.92. The normalized spacial score (nSPS) is 14.2. The van der Waals surface area contributed by atoms with E-state index in [0.717, 1.165) is 17.9 Å². The molecule has 88 valence electrons. The number of terminal acetylenes is 1. The molecule has 0 spiro atoms. The van der Waals surface area contributed by atoms with Crippen LogP contribution in [-0.2, 0) is 4.84 Å². The summed E-state index contributed by atoms with van der Waals surface area (Å²) < 4.78 is 0. The predicted octanol–water partition coefficient (Wildman–Crippen LogP) is 2.81. The first kappa shape index (κ1) is 11.6. The van der Waals surface area contributed by atoms with Gasteiger partial charge in [-0.3, -0.25) is 0 Å². The molecule has 0 saturated carbocycles. The number of allylic oxidation sites excluding steroid dienone is 1. The number of anilines is 1. The van der Waals surface area contributed by atoms with Crippen LogP contribution in [-0.4, -0.2) is 0 Å². The van der Waals surface area contributed by atoms with Crippen molar-refractivity contribution in [2.75, 3.05) is 5.01 Å². The van der Waals surface area contributed by atoms with Gasteiger partial charge in [-0.25, -0.2) is 5.01 Å². The second-order valence-electron chi connectivity index (χ2n) is 4.15. The van der Waals surface area contributed by atoms with E-state index in [1.807, 2.05) is 11.2 Å².